The lowest BCUT2D eigenvalue weighted by molar-refractivity contribution is 0.0358. The van der Waals surface area contributed by atoms with E-state index in [0.717, 1.165) is 95.1 Å². The molecule has 0 aromatic carbocycles. The molecule has 0 spiro atoms. The van der Waals surface area contributed by atoms with Gasteiger partial charge in [0.15, 0.2) is 0 Å². The zero-order chi connectivity index (χ0) is 20.4. The van der Waals surface area contributed by atoms with Gasteiger partial charge in [-0.3, -0.25) is 14.8 Å². The van der Waals surface area contributed by atoms with E-state index >= 15 is 0 Å². The van der Waals surface area contributed by atoms with Crippen molar-refractivity contribution in [1.29, 1.82) is 0 Å². The Hall–Kier alpha value is -1.74. The second-order valence-corrected chi connectivity index (χ2v) is 9.05. The van der Waals surface area contributed by atoms with Crippen LogP contribution < -0.4 is 4.90 Å². The van der Waals surface area contributed by atoms with Crippen LogP contribution in [0.4, 0.5) is 5.95 Å². The molecular formula is C22H32N6OS. The molecule has 2 aliphatic heterocycles. The second kappa shape index (κ2) is 11.6. The van der Waals surface area contributed by atoms with E-state index in [0.29, 0.717) is 0 Å². The highest BCUT2D eigenvalue weighted by Crippen LogP contribution is 2.16. The van der Waals surface area contributed by atoms with Gasteiger partial charge in [-0.25, -0.2) is 9.97 Å². The van der Waals surface area contributed by atoms with E-state index in [4.69, 9.17) is 9.72 Å². The monoisotopic (exact) mass is 428 g/mol. The van der Waals surface area contributed by atoms with Gasteiger partial charge in [0.05, 0.1) is 18.9 Å². The van der Waals surface area contributed by atoms with Crippen molar-refractivity contribution >= 4 is 17.7 Å². The van der Waals surface area contributed by atoms with Crippen molar-refractivity contribution in [3.63, 3.8) is 0 Å². The average Bonchev–Trinajstić information content (AvgIpc) is 2.81. The van der Waals surface area contributed by atoms with Crippen molar-refractivity contribution in [3.05, 3.63) is 48.0 Å². The van der Waals surface area contributed by atoms with Crippen molar-refractivity contribution in [1.82, 2.24) is 24.8 Å². The smallest absolute Gasteiger partial charge is 0.225 e. The fourth-order valence-corrected chi connectivity index (χ4v) is 4.83. The molecule has 8 heteroatoms. The summed E-state index contributed by atoms with van der Waals surface area (Å²) in [6, 6.07) is 6.22. The third kappa shape index (κ3) is 6.63. The highest BCUT2D eigenvalue weighted by molar-refractivity contribution is 7.99. The maximum Gasteiger partial charge on any atom is 0.225 e. The number of ether oxygens (including phenoxy) is 1. The lowest BCUT2D eigenvalue weighted by Crippen LogP contribution is -2.38. The van der Waals surface area contributed by atoms with Gasteiger partial charge in [-0.15, -0.1) is 0 Å². The number of rotatable bonds is 9. The summed E-state index contributed by atoms with van der Waals surface area (Å²) in [6.45, 7) is 9.75. The van der Waals surface area contributed by atoms with Crippen LogP contribution in [0.2, 0.25) is 0 Å². The molecule has 7 nitrogen and oxygen atoms in total. The Morgan fingerprint density at radius 2 is 1.90 bits per heavy atom. The zero-order valence-corrected chi connectivity index (χ0v) is 18.5. The zero-order valence-electron chi connectivity index (χ0n) is 17.7. The predicted molar refractivity (Wildman–Crippen MR) is 122 cm³/mol. The normalized spacial score (nSPS) is 18.1. The third-order valence-electron chi connectivity index (χ3n) is 5.56. The fourth-order valence-electron chi connectivity index (χ4n) is 3.92. The number of hydrogen-bond acceptors (Lipinski definition) is 8. The first-order valence-electron chi connectivity index (χ1n) is 10.9. The first kappa shape index (κ1) is 21.5. The van der Waals surface area contributed by atoms with E-state index in [1.54, 1.807) is 0 Å². The number of aromatic nitrogens is 3. The van der Waals surface area contributed by atoms with Gasteiger partial charge in [-0.2, -0.15) is 11.8 Å². The van der Waals surface area contributed by atoms with Gasteiger partial charge in [0.1, 0.15) is 0 Å². The molecule has 2 fully saturated rings. The molecular weight excluding hydrogens is 396 g/mol. The fraction of sp³-hybridized carbons (Fsp3) is 0.591. The highest BCUT2D eigenvalue weighted by Gasteiger charge is 2.16. The lowest BCUT2D eigenvalue weighted by Gasteiger charge is -2.29. The van der Waals surface area contributed by atoms with Crippen LogP contribution in [0.5, 0.6) is 0 Å². The van der Waals surface area contributed by atoms with Crippen LogP contribution >= 0.6 is 11.8 Å². The molecule has 2 aliphatic rings. The topological polar surface area (TPSA) is 57.6 Å². The number of hydrogen-bond donors (Lipinski definition) is 0. The number of pyridine rings is 1. The Morgan fingerprint density at radius 3 is 2.70 bits per heavy atom. The van der Waals surface area contributed by atoms with Gasteiger partial charge in [0, 0.05) is 75.9 Å². The van der Waals surface area contributed by atoms with Crippen LogP contribution in [0, 0.1) is 0 Å². The largest absolute Gasteiger partial charge is 0.379 e. The molecule has 2 aromatic heterocycles. The SMILES string of the molecule is c1cncc(CN(CCCN2CCOCC2)Cc2ccnc(N3CCSCC3)n2)c1. The van der Waals surface area contributed by atoms with E-state index in [9.17, 15) is 0 Å². The minimum absolute atomic E-state index is 0.829. The second-order valence-electron chi connectivity index (χ2n) is 7.83. The molecule has 0 aliphatic carbocycles. The van der Waals surface area contributed by atoms with Crippen molar-refractivity contribution in [3.8, 4) is 0 Å². The van der Waals surface area contributed by atoms with Crippen molar-refractivity contribution in [2.45, 2.75) is 19.5 Å². The summed E-state index contributed by atoms with van der Waals surface area (Å²) >= 11 is 2.01. The molecule has 0 unspecified atom stereocenters. The minimum Gasteiger partial charge on any atom is -0.379 e. The molecule has 30 heavy (non-hydrogen) atoms. The van der Waals surface area contributed by atoms with E-state index in [1.165, 1.54) is 5.56 Å². The highest BCUT2D eigenvalue weighted by atomic mass is 32.2. The van der Waals surface area contributed by atoms with Crippen LogP contribution in [0.15, 0.2) is 36.8 Å². The Balaban J connectivity index is 1.38. The number of nitrogens with zero attached hydrogens (tertiary/aromatic N) is 6. The molecule has 0 amide bonds. The summed E-state index contributed by atoms with van der Waals surface area (Å²) in [7, 11) is 0. The van der Waals surface area contributed by atoms with Crippen molar-refractivity contribution in [2.24, 2.45) is 0 Å². The third-order valence-corrected chi connectivity index (χ3v) is 6.50. The standard InChI is InChI=1S/C22H32N6OS/c1-3-20(17-23-5-1)18-27(8-2-7-26-9-13-29-14-10-26)19-21-4-6-24-22(25-21)28-11-15-30-16-12-28/h1,3-6,17H,2,7-16,18-19H2. The quantitative estimate of drug-likeness (QED) is 0.602. The summed E-state index contributed by atoms with van der Waals surface area (Å²) in [5.74, 6) is 3.19. The van der Waals surface area contributed by atoms with E-state index in [-0.39, 0.29) is 0 Å². The summed E-state index contributed by atoms with van der Waals surface area (Å²) in [4.78, 5) is 21.0. The Bertz CT molecular complexity index is 752. The van der Waals surface area contributed by atoms with E-state index in [2.05, 4.69) is 36.8 Å². The van der Waals surface area contributed by atoms with Crippen LogP contribution in [0.3, 0.4) is 0 Å². The number of morpholine rings is 1. The Labute approximate surface area is 183 Å². The van der Waals surface area contributed by atoms with Crippen LogP contribution in [0.25, 0.3) is 0 Å². The summed E-state index contributed by atoms with van der Waals surface area (Å²) < 4.78 is 5.47. The maximum absolute atomic E-state index is 5.47. The first-order valence-corrected chi connectivity index (χ1v) is 12.1. The first-order chi connectivity index (χ1) is 14.9. The lowest BCUT2D eigenvalue weighted by atomic mass is 10.2. The number of thioether (sulfide) groups is 1. The van der Waals surface area contributed by atoms with Gasteiger partial charge in [0.25, 0.3) is 0 Å². The molecule has 2 saturated heterocycles. The predicted octanol–water partition coefficient (Wildman–Crippen LogP) is 2.15. The van der Waals surface area contributed by atoms with Crippen LogP contribution in [-0.4, -0.2) is 88.7 Å². The summed E-state index contributed by atoms with van der Waals surface area (Å²) in [5.41, 5.74) is 2.33. The van der Waals surface area contributed by atoms with Gasteiger partial charge in [-0.05, 0) is 30.7 Å². The van der Waals surface area contributed by atoms with Gasteiger partial charge in [0.2, 0.25) is 5.95 Å². The van der Waals surface area contributed by atoms with Gasteiger partial charge < -0.3 is 9.64 Å². The summed E-state index contributed by atoms with van der Waals surface area (Å²) in [6.07, 6.45) is 6.85. The van der Waals surface area contributed by atoms with Gasteiger partial charge >= 0.3 is 0 Å². The minimum atomic E-state index is 0.829. The average molecular weight is 429 g/mol. The molecule has 0 bridgehead atoms. The molecule has 0 saturated carbocycles. The van der Waals surface area contributed by atoms with Crippen LogP contribution in [0.1, 0.15) is 17.7 Å². The van der Waals surface area contributed by atoms with Gasteiger partial charge in [-0.1, -0.05) is 6.07 Å². The van der Waals surface area contributed by atoms with Crippen LogP contribution in [-0.2, 0) is 17.8 Å². The molecule has 0 atom stereocenters. The molecule has 4 rings (SSSR count). The molecule has 162 valence electrons. The molecule has 0 N–H and O–H groups in total. The molecule has 2 aromatic rings. The number of anilines is 1. The maximum atomic E-state index is 5.47. The van der Waals surface area contributed by atoms with E-state index < -0.39 is 0 Å². The Kier molecular flexibility index (Phi) is 8.31. The van der Waals surface area contributed by atoms with E-state index in [1.807, 2.05) is 36.4 Å². The van der Waals surface area contributed by atoms with Crippen molar-refractivity contribution < 1.29 is 4.74 Å². The molecule has 0 radical (unpaired) electrons. The molecule has 4 heterocycles. The van der Waals surface area contributed by atoms with Crippen molar-refractivity contribution in [2.75, 3.05) is 68.9 Å². The Morgan fingerprint density at radius 1 is 1.03 bits per heavy atom. The summed E-state index contributed by atoms with van der Waals surface area (Å²) in [5, 5.41) is 0.